The maximum absolute atomic E-state index is 12.2. The van der Waals surface area contributed by atoms with E-state index in [4.69, 9.17) is 5.73 Å². The third-order valence-corrected chi connectivity index (χ3v) is 5.19. The highest BCUT2D eigenvalue weighted by molar-refractivity contribution is 7.91. The van der Waals surface area contributed by atoms with E-state index in [1.807, 2.05) is 0 Å². The van der Waals surface area contributed by atoms with Crippen molar-refractivity contribution in [3.05, 3.63) is 29.8 Å². The van der Waals surface area contributed by atoms with Crippen LogP contribution in [0.25, 0.3) is 0 Å². The molecule has 0 bridgehead atoms. The van der Waals surface area contributed by atoms with Crippen molar-refractivity contribution in [3.8, 4) is 0 Å². The van der Waals surface area contributed by atoms with E-state index in [2.05, 4.69) is 5.32 Å². The van der Waals surface area contributed by atoms with E-state index < -0.39 is 21.8 Å². The van der Waals surface area contributed by atoms with Gasteiger partial charge in [0, 0.05) is 18.8 Å². The van der Waals surface area contributed by atoms with Crippen LogP contribution in [0.5, 0.6) is 0 Å². The summed E-state index contributed by atoms with van der Waals surface area (Å²) in [6, 6.07) is 5.85. The maximum Gasteiger partial charge on any atom is 0.254 e. The zero-order valence-electron chi connectivity index (χ0n) is 12.7. The average molecular weight is 362 g/mol. The lowest BCUT2D eigenvalue weighted by Crippen LogP contribution is -2.51. The molecular weight excluding hydrogens is 342 g/mol. The summed E-state index contributed by atoms with van der Waals surface area (Å²) < 4.78 is 22.7. The van der Waals surface area contributed by atoms with Crippen LogP contribution < -0.4 is 11.1 Å². The number of benzene rings is 1. The largest absolute Gasteiger partial charge is 0.398 e. The molecule has 2 rings (SSSR count). The van der Waals surface area contributed by atoms with Gasteiger partial charge in [-0.25, -0.2) is 8.42 Å². The molecule has 128 valence electrons. The Labute approximate surface area is 141 Å². The van der Waals surface area contributed by atoms with Gasteiger partial charge in [-0.15, -0.1) is 12.4 Å². The predicted molar refractivity (Wildman–Crippen MR) is 90.3 cm³/mol. The molecule has 0 aliphatic carbocycles. The van der Waals surface area contributed by atoms with Gasteiger partial charge in [0.1, 0.15) is 6.04 Å². The predicted octanol–water partition coefficient (Wildman–Crippen LogP) is 0.0659. The second-order valence-corrected chi connectivity index (χ2v) is 7.56. The third-order valence-electron chi connectivity index (χ3n) is 3.58. The monoisotopic (exact) mass is 361 g/mol. The van der Waals surface area contributed by atoms with Gasteiger partial charge in [0.2, 0.25) is 5.91 Å². The van der Waals surface area contributed by atoms with Crippen molar-refractivity contribution in [2.24, 2.45) is 0 Å². The number of nitrogens with one attached hydrogen (secondary N) is 1. The van der Waals surface area contributed by atoms with Crippen molar-refractivity contribution in [3.63, 3.8) is 0 Å². The molecule has 1 unspecified atom stereocenters. The van der Waals surface area contributed by atoms with Crippen LogP contribution in [0.4, 0.5) is 5.69 Å². The first-order valence-corrected chi connectivity index (χ1v) is 8.77. The molecule has 1 aliphatic heterocycles. The van der Waals surface area contributed by atoms with Crippen LogP contribution in [-0.4, -0.2) is 55.8 Å². The Morgan fingerprint density at radius 1 is 1.22 bits per heavy atom. The van der Waals surface area contributed by atoms with E-state index in [1.54, 1.807) is 31.2 Å². The summed E-state index contributed by atoms with van der Waals surface area (Å²) in [6.07, 6.45) is 0. The fraction of sp³-hybridized carbons (Fsp3) is 0.429. The van der Waals surface area contributed by atoms with Gasteiger partial charge >= 0.3 is 0 Å². The zero-order chi connectivity index (χ0) is 16.3. The first kappa shape index (κ1) is 19.2. The van der Waals surface area contributed by atoms with E-state index in [9.17, 15) is 18.0 Å². The standard InChI is InChI=1S/C14H19N3O4S.ClH/c1-10(14(19)17-6-8-22(20,21)9-7-17)16-13(18)11-4-2-3-5-12(11)15;/h2-5,10H,6-9,15H2,1H3,(H,16,18);1H. The van der Waals surface area contributed by atoms with Crippen molar-refractivity contribution >= 4 is 39.7 Å². The van der Waals surface area contributed by atoms with E-state index >= 15 is 0 Å². The molecule has 1 atom stereocenters. The highest BCUT2D eigenvalue weighted by atomic mass is 35.5. The molecule has 0 saturated carbocycles. The summed E-state index contributed by atoms with van der Waals surface area (Å²) >= 11 is 0. The summed E-state index contributed by atoms with van der Waals surface area (Å²) in [6.45, 7) is 1.90. The number of halogens is 1. The number of anilines is 1. The molecule has 0 aromatic heterocycles. The van der Waals surface area contributed by atoms with Gasteiger partial charge in [-0.2, -0.15) is 0 Å². The molecule has 7 nitrogen and oxygen atoms in total. The van der Waals surface area contributed by atoms with E-state index in [-0.39, 0.29) is 42.9 Å². The second-order valence-electron chi connectivity index (χ2n) is 5.26. The minimum Gasteiger partial charge on any atom is -0.398 e. The molecule has 9 heteroatoms. The number of nitrogen functional groups attached to an aromatic ring is 1. The lowest BCUT2D eigenvalue weighted by Gasteiger charge is -2.29. The van der Waals surface area contributed by atoms with Crippen molar-refractivity contribution < 1.29 is 18.0 Å². The second kappa shape index (κ2) is 7.65. The van der Waals surface area contributed by atoms with Gasteiger partial charge in [-0.05, 0) is 19.1 Å². The number of hydrogen-bond donors (Lipinski definition) is 2. The van der Waals surface area contributed by atoms with Crippen molar-refractivity contribution in [1.82, 2.24) is 10.2 Å². The molecule has 3 N–H and O–H groups in total. The van der Waals surface area contributed by atoms with Crippen LogP contribution in [-0.2, 0) is 14.6 Å². The summed E-state index contributed by atoms with van der Waals surface area (Å²) in [5, 5.41) is 2.60. The Morgan fingerprint density at radius 2 is 1.78 bits per heavy atom. The van der Waals surface area contributed by atoms with Gasteiger partial charge in [0.25, 0.3) is 5.91 Å². The highest BCUT2D eigenvalue weighted by Crippen LogP contribution is 2.11. The van der Waals surface area contributed by atoms with Crippen LogP contribution in [0.1, 0.15) is 17.3 Å². The van der Waals surface area contributed by atoms with Gasteiger partial charge in [-0.1, -0.05) is 12.1 Å². The molecule has 1 saturated heterocycles. The van der Waals surface area contributed by atoms with Crippen molar-refractivity contribution in [2.45, 2.75) is 13.0 Å². The topological polar surface area (TPSA) is 110 Å². The lowest BCUT2D eigenvalue weighted by atomic mass is 10.1. The molecule has 1 aliphatic rings. The van der Waals surface area contributed by atoms with E-state index in [0.717, 1.165) is 0 Å². The van der Waals surface area contributed by atoms with Gasteiger partial charge < -0.3 is 16.0 Å². The minimum atomic E-state index is -3.04. The Balaban J connectivity index is 0.00000264. The number of nitrogens with zero attached hydrogens (tertiary/aromatic N) is 1. The van der Waals surface area contributed by atoms with Crippen molar-refractivity contribution in [2.75, 3.05) is 30.3 Å². The lowest BCUT2D eigenvalue weighted by molar-refractivity contribution is -0.132. The molecule has 1 fully saturated rings. The number of amides is 2. The molecule has 2 amide bonds. The number of hydrogen-bond acceptors (Lipinski definition) is 5. The highest BCUT2D eigenvalue weighted by Gasteiger charge is 2.28. The van der Waals surface area contributed by atoms with Gasteiger partial charge in [0.15, 0.2) is 9.84 Å². The van der Waals surface area contributed by atoms with Gasteiger partial charge in [0.05, 0.1) is 17.1 Å². The number of carbonyl (C=O) groups excluding carboxylic acids is 2. The molecule has 1 aromatic carbocycles. The number of carbonyl (C=O) groups is 2. The molecule has 1 heterocycles. The fourth-order valence-corrected chi connectivity index (χ4v) is 3.45. The Morgan fingerprint density at radius 3 is 2.35 bits per heavy atom. The smallest absolute Gasteiger partial charge is 0.254 e. The Kier molecular flexibility index (Phi) is 6.40. The summed E-state index contributed by atoms with van der Waals surface area (Å²) in [5.74, 6) is -0.794. The van der Waals surface area contributed by atoms with E-state index in [1.165, 1.54) is 4.90 Å². The number of rotatable bonds is 3. The summed E-state index contributed by atoms with van der Waals surface area (Å²) in [4.78, 5) is 25.8. The number of nitrogens with two attached hydrogens (primary N) is 1. The Bertz CT molecular complexity index is 679. The molecule has 0 spiro atoms. The zero-order valence-corrected chi connectivity index (χ0v) is 14.3. The molecule has 1 aromatic rings. The van der Waals surface area contributed by atoms with Crippen molar-refractivity contribution in [1.29, 1.82) is 0 Å². The van der Waals surface area contributed by atoms with Crippen LogP contribution in [0, 0.1) is 0 Å². The van der Waals surface area contributed by atoms with Crippen LogP contribution in [0.3, 0.4) is 0 Å². The third kappa shape index (κ3) is 4.84. The fourth-order valence-electron chi connectivity index (χ4n) is 2.25. The molecule has 23 heavy (non-hydrogen) atoms. The first-order valence-electron chi connectivity index (χ1n) is 6.95. The van der Waals surface area contributed by atoms with E-state index in [0.29, 0.717) is 11.3 Å². The first-order chi connectivity index (χ1) is 10.3. The molecule has 0 radical (unpaired) electrons. The van der Waals surface area contributed by atoms with Crippen LogP contribution in [0.15, 0.2) is 24.3 Å². The van der Waals surface area contributed by atoms with Crippen LogP contribution >= 0.6 is 12.4 Å². The number of para-hydroxylation sites is 1. The number of sulfone groups is 1. The normalized spacial score (nSPS) is 17.7. The summed E-state index contributed by atoms with van der Waals surface area (Å²) in [5.41, 5.74) is 6.37. The van der Waals surface area contributed by atoms with Gasteiger partial charge in [-0.3, -0.25) is 9.59 Å². The van der Waals surface area contributed by atoms with Crippen LogP contribution in [0.2, 0.25) is 0 Å². The summed E-state index contributed by atoms with van der Waals surface area (Å²) in [7, 11) is -3.04. The molecular formula is C14H20ClN3O4S. The SMILES string of the molecule is CC(NC(=O)c1ccccc1N)C(=O)N1CCS(=O)(=O)CC1.Cl. The maximum atomic E-state index is 12.2. The quantitative estimate of drug-likeness (QED) is 0.740. The minimum absolute atomic E-state index is 0. The Hall–Kier alpha value is -1.80. The average Bonchev–Trinajstić information content (AvgIpc) is 2.46.